The van der Waals surface area contributed by atoms with Gasteiger partial charge in [0.15, 0.2) is 0 Å². The summed E-state index contributed by atoms with van der Waals surface area (Å²) in [5.74, 6) is 1.22. The Balaban J connectivity index is 1.37. The molecule has 8 nitrogen and oxygen atoms in total. The summed E-state index contributed by atoms with van der Waals surface area (Å²) >= 11 is 0. The lowest BCUT2D eigenvalue weighted by Crippen LogP contribution is -2.49. The van der Waals surface area contributed by atoms with E-state index in [4.69, 9.17) is 0 Å². The maximum atomic E-state index is 13.2. The minimum atomic E-state index is -0.374. The molecule has 1 aliphatic rings. The first-order chi connectivity index (χ1) is 13.1. The van der Waals surface area contributed by atoms with Crippen molar-refractivity contribution < 1.29 is 9.18 Å². The SMILES string of the molecule is Cc1cc(N2CCN(C(=O)CCc3cncc(F)c3)CC2)n2ncnc2n1. The molecule has 0 N–H and O–H groups in total. The third kappa shape index (κ3) is 3.71. The van der Waals surface area contributed by atoms with Crippen LogP contribution in [0.15, 0.2) is 30.9 Å². The van der Waals surface area contributed by atoms with Crippen LogP contribution >= 0.6 is 0 Å². The van der Waals surface area contributed by atoms with E-state index in [9.17, 15) is 9.18 Å². The predicted octanol–water partition coefficient (Wildman–Crippen LogP) is 1.25. The number of pyridine rings is 1. The first kappa shape index (κ1) is 17.3. The van der Waals surface area contributed by atoms with Crippen LogP contribution < -0.4 is 4.90 Å². The average molecular weight is 369 g/mol. The molecule has 4 rings (SSSR count). The van der Waals surface area contributed by atoms with Crippen LogP contribution in [0, 0.1) is 12.7 Å². The zero-order chi connectivity index (χ0) is 18.8. The number of aromatic nitrogens is 5. The van der Waals surface area contributed by atoms with Crippen molar-refractivity contribution in [1.82, 2.24) is 29.5 Å². The molecule has 3 aromatic heterocycles. The van der Waals surface area contributed by atoms with Gasteiger partial charge in [0.05, 0.1) is 6.20 Å². The van der Waals surface area contributed by atoms with Crippen molar-refractivity contribution in [2.75, 3.05) is 31.1 Å². The Kier molecular flexibility index (Phi) is 4.66. The normalized spacial score (nSPS) is 14.7. The summed E-state index contributed by atoms with van der Waals surface area (Å²) in [6.07, 6.45) is 5.10. The highest BCUT2D eigenvalue weighted by Gasteiger charge is 2.23. The van der Waals surface area contributed by atoms with Gasteiger partial charge < -0.3 is 9.80 Å². The fraction of sp³-hybridized carbons (Fsp3) is 0.389. The molecule has 1 aliphatic heterocycles. The molecule has 1 fully saturated rings. The van der Waals surface area contributed by atoms with Crippen LogP contribution in [0.25, 0.3) is 5.78 Å². The number of hydrogen-bond donors (Lipinski definition) is 0. The van der Waals surface area contributed by atoms with Crippen molar-refractivity contribution >= 4 is 17.5 Å². The van der Waals surface area contributed by atoms with Crippen molar-refractivity contribution in [2.45, 2.75) is 19.8 Å². The molecular formula is C18H20FN7O. The second kappa shape index (κ2) is 7.26. The molecule has 9 heteroatoms. The predicted molar refractivity (Wildman–Crippen MR) is 96.8 cm³/mol. The fourth-order valence-electron chi connectivity index (χ4n) is 3.32. The van der Waals surface area contributed by atoms with E-state index < -0.39 is 0 Å². The Bertz CT molecular complexity index is 965. The van der Waals surface area contributed by atoms with Crippen LogP contribution in [-0.2, 0) is 11.2 Å². The lowest BCUT2D eigenvalue weighted by Gasteiger charge is -2.36. The van der Waals surface area contributed by atoms with Crippen LogP contribution in [-0.4, -0.2) is 61.6 Å². The fourth-order valence-corrected chi connectivity index (χ4v) is 3.32. The van der Waals surface area contributed by atoms with E-state index in [0.29, 0.717) is 44.8 Å². The first-order valence-corrected chi connectivity index (χ1v) is 8.90. The average Bonchev–Trinajstić information content (AvgIpc) is 3.14. The largest absolute Gasteiger partial charge is 0.353 e. The van der Waals surface area contributed by atoms with Crippen molar-refractivity contribution in [3.05, 3.63) is 47.9 Å². The molecule has 0 saturated carbocycles. The summed E-state index contributed by atoms with van der Waals surface area (Å²) < 4.78 is 14.9. The van der Waals surface area contributed by atoms with E-state index in [1.165, 1.54) is 12.4 Å². The maximum absolute atomic E-state index is 13.2. The third-order valence-electron chi connectivity index (χ3n) is 4.71. The van der Waals surface area contributed by atoms with E-state index in [-0.39, 0.29) is 11.7 Å². The van der Waals surface area contributed by atoms with Crippen LogP contribution in [0.5, 0.6) is 0 Å². The number of aryl methyl sites for hydroxylation is 2. The van der Waals surface area contributed by atoms with Crippen LogP contribution in [0.2, 0.25) is 0 Å². The highest BCUT2D eigenvalue weighted by Crippen LogP contribution is 2.18. The minimum absolute atomic E-state index is 0.0794. The van der Waals surface area contributed by atoms with Crippen LogP contribution in [0.4, 0.5) is 10.2 Å². The van der Waals surface area contributed by atoms with E-state index in [1.54, 1.807) is 10.7 Å². The summed E-state index contributed by atoms with van der Waals surface area (Å²) in [7, 11) is 0. The van der Waals surface area contributed by atoms with E-state index in [2.05, 4.69) is 25.0 Å². The first-order valence-electron chi connectivity index (χ1n) is 8.90. The lowest BCUT2D eigenvalue weighted by atomic mass is 10.1. The van der Waals surface area contributed by atoms with Gasteiger partial charge in [0.25, 0.3) is 5.78 Å². The van der Waals surface area contributed by atoms with E-state index in [0.717, 1.165) is 23.3 Å². The Morgan fingerprint density at radius 1 is 1.19 bits per heavy atom. The molecule has 0 spiro atoms. The number of rotatable bonds is 4. The number of piperazine rings is 1. The molecule has 1 amide bonds. The highest BCUT2D eigenvalue weighted by molar-refractivity contribution is 5.76. The summed E-state index contributed by atoms with van der Waals surface area (Å²) in [5, 5.41) is 4.24. The monoisotopic (exact) mass is 369 g/mol. The Morgan fingerprint density at radius 2 is 2.00 bits per heavy atom. The second-order valence-electron chi connectivity index (χ2n) is 6.61. The van der Waals surface area contributed by atoms with Gasteiger partial charge in [-0.1, -0.05) is 0 Å². The molecular weight excluding hydrogens is 349 g/mol. The van der Waals surface area contributed by atoms with Gasteiger partial charge in [0.1, 0.15) is 18.0 Å². The van der Waals surface area contributed by atoms with Gasteiger partial charge in [-0.3, -0.25) is 9.78 Å². The van der Waals surface area contributed by atoms with Gasteiger partial charge in [0, 0.05) is 50.6 Å². The van der Waals surface area contributed by atoms with Crippen LogP contribution in [0.3, 0.4) is 0 Å². The molecule has 4 heterocycles. The topological polar surface area (TPSA) is 79.5 Å². The zero-order valence-electron chi connectivity index (χ0n) is 15.0. The zero-order valence-corrected chi connectivity index (χ0v) is 15.0. The Hall–Kier alpha value is -3.10. The number of carbonyl (C=O) groups excluding carboxylic acids is 1. The van der Waals surface area contributed by atoms with Gasteiger partial charge in [0.2, 0.25) is 5.91 Å². The number of anilines is 1. The molecule has 0 aromatic carbocycles. The highest BCUT2D eigenvalue weighted by atomic mass is 19.1. The number of hydrogen-bond acceptors (Lipinski definition) is 6. The van der Waals surface area contributed by atoms with E-state index in [1.807, 2.05) is 17.9 Å². The van der Waals surface area contributed by atoms with Gasteiger partial charge >= 0.3 is 0 Å². The van der Waals surface area contributed by atoms with Gasteiger partial charge in [-0.2, -0.15) is 14.6 Å². The van der Waals surface area contributed by atoms with Crippen LogP contribution in [0.1, 0.15) is 17.7 Å². The summed E-state index contributed by atoms with van der Waals surface area (Å²) in [6.45, 7) is 4.63. The minimum Gasteiger partial charge on any atom is -0.353 e. The molecule has 1 saturated heterocycles. The van der Waals surface area contributed by atoms with E-state index >= 15 is 0 Å². The quantitative estimate of drug-likeness (QED) is 0.689. The molecule has 0 unspecified atom stereocenters. The van der Waals surface area contributed by atoms with Gasteiger partial charge in [-0.25, -0.2) is 9.37 Å². The second-order valence-corrected chi connectivity index (χ2v) is 6.61. The van der Waals surface area contributed by atoms with Crippen molar-refractivity contribution in [2.24, 2.45) is 0 Å². The molecule has 140 valence electrons. The number of amides is 1. The van der Waals surface area contributed by atoms with Gasteiger partial charge in [-0.05, 0) is 25.0 Å². The molecule has 0 bridgehead atoms. The lowest BCUT2D eigenvalue weighted by molar-refractivity contribution is -0.131. The maximum Gasteiger partial charge on any atom is 0.254 e. The summed E-state index contributed by atoms with van der Waals surface area (Å²) in [5.41, 5.74) is 1.62. The van der Waals surface area contributed by atoms with Crippen molar-refractivity contribution in [1.29, 1.82) is 0 Å². The molecule has 27 heavy (non-hydrogen) atoms. The number of carbonyl (C=O) groups is 1. The summed E-state index contributed by atoms with van der Waals surface area (Å²) in [6, 6.07) is 3.41. The summed E-state index contributed by atoms with van der Waals surface area (Å²) in [4.78, 5) is 28.9. The Morgan fingerprint density at radius 3 is 2.78 bits per heavy atom. The standard InChI is InChI=1S/C18H20FN7O/c1-13-8-16(26-18(23-13)21-12-22-26)24-4-6-25(7-5-24)17(27)3-2-14-9-15(19)11-20-10-14/h8-12H,2-7H2,1H3. The third-order valence-corrected chi connectivity index (χ3v) is 4.71. The Labute approximate surface area is 155 Å². The molecule has 0 atom stereocenters. The molecule has 0 radical (unpaired) electrons. The van der Waals surface area contributed by atoms with Crippen molar-refractivity contribution in [3.8, 4) is 0 Å². The smallest absolute Gasteiger partial charge is 0.254 e. The van der Waals surface area contributed by atoms with Gasteiger partial charge in [-0.15, -0.1) is 0 Å². The number of nitrogens with zero attached hydrogens (tertiary/aromatic N) is 7. The number of halogens is 1. The van der Waals surface area contributed by atoms with Crippen molar-refractivity contribution in [3.63, 3.8) is 0 Å². The molecule has 3 aromatic rings. The molecule has 0 aliphatic carbocycles. The number of fused-ring (bicyclic) bond motifs is 1.